The lowest BCUT2D eigenvalue weighted by atomic mass is 9.87. The quantitative estimate of drug-likeness (QED) is 0.774. The first-order valence-electron chi connectivity index (χ1n) is 4.36. The number of halogens is 3. The van der Waals surface area contributed by atoms with Gasteiger partial charge in [-0.1, -0.05) is 0 Å². The van der Waals surface area contributed by atoms with Crippen LogP contribution in [-0.2, 0) is 9.24 Å². The zero-order valence-corrected chi connectivity index (χ0v) is 9.04. The van der Waals surface area contributed by atoms with E-state index in [0.29, 0.717) is 12.8 Å². The molecule has 0 unspecified atom stereocenters. The van der Waals surface area contributed by atoms with Crippen LogP contribution < -0.4 is 4.72 Å². The first-order valence-corrected chi connectivity index (χ1v) is 6.66. The molecule has 0 radical (unpaired) electrons. The van der Waals surface area contributed by atoms with Gasteiger partial charge < -0.3 is 0 Å². The molecule has 0 aromatic rings. The zero-order valence-electron chi connectivity index (χ0n) is 7.47. The van der Waals surface area contributed by atoms with Gasteiger partial charge in [-0.3, -0.25) is 0 Å². The first-order chi connectivity index (χ1) is 6.29. The summed E-state index contributed by atoms with van der Waals surface area (Å²) in [6.07, 6.45) is 0.349. The second-order valence-corrected chi connectivity index (χ2v) is 5.97. The third kappa shape index (κ3) is 4.52. The van der Waals surface area contributed by atoms with Crippen LogP contribution in [0.2, 0.25) is 0 Å². The van der Waals surface area contributed by atoms with Crippen LogP contribution in [0.25, 0.3) is 0 Å². The Kier molecular flexibility index (Phi) is 3.71. The smallest absolute Gasteiger partial charge is 0.207 e. The number of hydrogen-bond acceptors (Lipinski definition) is 2. The lowest BCUT2D eigenvalue weighted by molar-refractivity contribution is -0.0450. The first kappa shape index (κ1) is 12.1. The highest BCUT2D eigenvalue weighted by Gasteiger charge is 2.34. The molecule has 0 aliphatic heterocycles. The van der Waals surface area contributed by atoms with Crippen LogP contribution in [0.5, 0.6) is 0 Å². The Bertz CT molecular complexity index is 284. The Morgan fingerprint density at radius 2 is 1.86 bits per heavy atom. The maximum Gasteiger partial charge on any atom is 0.297 e. The number of alkyl halides is 2. The second kappa shape index (κ2) is 4.28. The van der Waals surface area contributed by atoms with E-state index in [1.807, 2.05) is 0 Å². The molecule has 0 aromatic heterocycles. The van der Waals surface area contributed by atoms with Crippen molar-refractivity contribution in [1.29, 1.82) is 0 Å². The fourth-order valence-corrected chi connectivity index (χ4v) is 2.15. The van der Waals surface area contributed by atoms with E-state index in [1.54, 1.807) is 0 Å². The lowest BCUT2D eigenvalue weighted by Gasteiger charge is -2.27. The van der Waals surface area contributed by atoms with E-state index in [0.717, 1.165) is 0 Å². The molecule has 0 aromatic carbocycles. The van der Waals surface area contributed by atoms with Gasteiger partial charge in [-0.2, -0.15) is 8.42 Å². The van der Waals surface area contributed by atoms with Crippen molar-refractivity contribution in [3.05, 3.63) is 0 Å². The third-order valence-electron chi connectivity index (χ3n) is 2.38. The van der Waals surface area contributed by atoms with Crippen molar-refractivity contribution in [2.24, 2.45) is 5.92 Å². The van der Waals surface area contributed by atoms with E-state index in [2.05, 4.69) is 4.72 Å². The van der Waals surface area contributed by atoms with Crippen molar-refractivity contribution < 1.29 is 17.2 Å². The highest BCUT2D eigenvalue weighted by atomic mass is 35.7. The summed E-state index contributed by atoms with van der Waals surface area (Å²) in [5.41, 5.74) is 0. The van der Waals surface area contributed by atoms with Gasteiger partial charge in [-0.05, 0) is 18.8 Å². The van der Waals surface area contributed by atoms with Crippen molar-refractivity contribution in [3.63, 3.8) is 0 Å². The molecule has 1 N–H and O–H groups in total. The van der Waals surface area contributed by atoms with Crippen LogP contribution >= 0.6 is 10.7 Å². The molecule has 0 atom stereocenters. The van der Waals surface area contributed by atoms with Crippen LogP contribution in [0.15, 0.2) is 0 Å². The summed E-state index contributed by atoms with van der Waals surface area (Å²) in [6.45, 7) is 0.155. The van der Waals surface area contributed by atoms with Gasteiger partial charge in [0.1, 0.15) is 0 Å². The summed E-state index contributed by atoms with van der Waals surface area (Å²) in [5.74, 6) is -2.60. The molecule has 3 nitrogen and oxygen atoms in total. The van der Waals surface area contributed by atoms with Crippen LogP contribution in [0.1, 0.15) is 25.7 Å². The molecule has 84 valence electrons. The largest absolute Gasteiger partial charge is 0.297 e. The van der Waals surface area contributed by atoms with E-state index in [1.165, 1.54) is 0 Å². The molecule has 1 aliphatic rings. The summed E-state index contributed by atoms with van der Waals surface area (Å²) in [4.78, 5) is 0. The van der Waals surface area contributed by atoms with Crippen LogP contribution in [-0.4, -0.2) is 20.9 Å². The van der Waals surface area contributed by atoms with Crippen molar-refractivity contribution >= 4 is 19.9 Å². The number of nitrogens with one attached hydrogen (secondary N) is 1. The van der Waals surface area contributed by atoms with E-state index >= 15 is 0 Å². The van der Waals surface area contributed by atoms with E-state index in [-0.39, 0.29) is 25.3 Å². The minimum absolute atomic E-state index is 0.0249. The van der Waals surface area contributed by atoms with E-state index < -0.39 is 15.2 Å². The zero-order chi connectivity index (χ0) is 10.8. The lowest BCUT2D eigenvalue weighted by Crippen LogP contribution is -2.32. The fraction of sp³-hybridized carbons (Fsp3) is 1.00. The molecule has 0 amide bonds. The molecule has 0 saturated heterocycles. The highest BCUT2D eigenvalue weighted by Crippen LogP contribution is 2.35. The van der Waals surface area contributed by atoms with Gasteiger partial charge in [0.25, 0.3) is 9.24 Å². The average molecular weight is 248 g/mol. The molecule has 1 saturated carbocycles. The third-order valence-corrected chi connectivity index (χ3v) is 3.22. The maximum absolute atomic E-state index is 12.7. The molecular formula is C7H12ClF2NO2S. The molecule has 1 aliphatic carbocycles. The Morgan fingerprint density at radius 3 is 2.29 bits per heavy atom. The van der Waals surface area contributed by atoms with Crippen molar-refractivity contribution in [1.82, 2.24) is 4.72 Å². The molecule has 0 bridgehead atoms. The standard InChI is InChI=1S/C7H12ClF2NO2S/c8-14(12,13)11-5-6-1-3-7(9,10)4-2-6/h6,11H,1-5H2. The van der Waals surface area contributed by atoms with Gasteiger partial charge in [-0.25, -0.2) is 13.5 Å². The highest BCUT2D eigenvalue weighted by molar-refractivity contribution is 8.12. The Hall–Kier alpha value is 0.0600. The van der Waals surface area contributed by atoms with Crippen LogP contribution in [0.4, 0.5) is 8.78 Å². The molecule has 0 heterocycles. The van der Waals surface area contributed by atoms with Crippen molar-refractivity contribution in [3.8, 4) is 0 Å². The minimum Gasteiger partial charge on any atom is -0.207 e. The fourth-order valence-electron chi connectivity index (χ4n) is 1.52. The summed E-state index contributed by atoms with van der Waals surface area (Å²) >= 11 is 0. The van der Waals surface area contributed by atoms with Gasteiger partial charge >= 0.3 is 0 Å². The predicted octanol–water partition coefficient (Wildman–Crippen LogP) is 1.89. The summed E-state index contributed by atoms with van der Waals surface area (Å²) < 4.78 is 48.5. The van der Waals surface area contributed by atoms with E-state index in [4.69, 9.17) is 10.7 Å². The Balaban J connectivity index is 2.30. The normalized spacial score (nSPS) is 23.6. The van der Waals surface area contributed by atoms with Crippen molar-refractivity contribution in [2.45, 2.75) is 31.6 Å². The predicted molar refractivity (Wildman–Crippen MR) is 49.7 cm³/mol. The minimum atomic E-state index is -3.72. The van der Waals surface area contributed by atoms with Gasteiger partial charge in [-0.15, -0.1) is 0 Å². The van der Waals surface area contributed by atoms with E-state index in [9.17, 15) is 17.2 Å². The maximum atomic E-state index is 12.7. The van der Waals surface area contributed by atoms with Gasteiger partial charge in [0.15, 0.2) is 0 Å². The van der Waals surface area contributed by atoms with Gasteiger partial charge in [0.05, 0.1) is 0 Å². The average Bonchev–Trinajstić information content (AvgIpc) is 2.01. The summed E-state index contributed by atoms with van der Waals surface area (Å²) in [6, 6.07) is 0. The van der Waals surface area contributed by atoms with Gasteiger partial charge in [0.2, 0.25) is 5.92 Å². The molecule has 1 rings (SSSR count). The molecule has 14 heavy (non-hydrogen) atoms. The summed E-state index contributed by atoms with van der Waals surface area (Å²) in [7, 11) is 1.20. The molecule has 0 spiro atoms. The van der Waals surface area contributed by atoms with Gasteiger partial charge in [0, 0.05) is 30.1 Å². The molecular weight excluding hydrogens is 236 g/mol. The Morgan fingerprint density at radius 1 is 1.36 bits per heavy atom. The monoisotopic (exact) mass is 247 g/mol. The molecule has 1 fully saturated rings. The molecule has 7 heteroatoms. The van der Waals surface area contributed by atoms with Crippen LogP contribution in [0, 0.1) is 5.92 Å². The van der Waals surface area contributed by atoms with Crippen LogP contribution in [0.3, 0.4) is 0 Å². The van der Waals surface area contributed by atoms with Crippen molar-refractivity contribution in [2.75, 3.05) is 6.54 Å². The Labute approximate surface area is 86.4 Å². The summed E-state index contributed by atoms with van der Waals surface area (Å²) in [5, 5.41) is 0. The topological polar surface area (TPSA) is 46.2 Å². The number of hydrogen-bond donors (Lipinski definition) is 1. The number of rotatable bonds is 3. The second-order valence-electron chi connectivity index (χ2n) is 3.59. The SMILES string of the molecule is O=S(=O)(Cl)NCC1CCC(F)(F)CC1.